The van der Waals surface area contributed by atoms with Crippen molar-refractivity contribution >= 4 is 44.2 Å². The Bertz CT molecular complexity index is 1180. The summed E-state index contributed by atoms with van der Waals surface area (Å²) in [7, 11) is 2.04. The van der Waals surface area contributed by atoms with Gasteiger partial charge in [-0.25, -0.2) is 4.98 Å². The summed E-state index contributed by atoms with van der Waals surface area (Å²) in [6, 6.07) is 9.69. The Morgan fingerprint density at radius 2 is 1.90 bits per heavy atom. The average Bonchev–Trinajstić information content (AvgIpc) is 3.15. The largest absolute Gasteiger partial charge is 0.336 e. The molecule has 4 rings (SSSR count). The lowest BCUT2D eigenvalue weighted by molar-refractivity contribution is -0.385. The van der Waals surface area contributed by atoms with Gasteiger partial charge in [-0.15, -0.1) is 0 Å². The van der Waals surface area contributed by atoms with Crippen molar-refractivity contribution in [2.24, 2.45) is 0 Å². The van der Waals surface area contributed by atoms with E-state index in [0.717, 1.165) is 17.8 Å². The van der Waals surface area contributed by atoms with Crippen molar-refractivity contribution in [2.45, 2.75) is 6.92 Å². The highest BCUT2D eigenvalue weighted by molar-refractivity contribution is 7.22. The normalized spacial score (nSPS) is 14.6. The third-order valence-corrected chi connectivity index (χ3v) is 6.33. The van der Waals surface area contributed by atoms with E-state index in [4.69, 9.17) is 0 Å². The van der Waals surface area contributed by atoms with Crippen molar-refractivity contribution in [3.05, 3.63) is 63.2 Å². The summed E-state index contributed by atoms with van der Waals surface area (Å²) >= 11 is 1.26. The number of thiazole rings is 1. The number of nitrogens with zero attached hydrogens (tertiary/aromatic N) is 4. The SMILES string of the molecule is Cc1c(C(=O)Nc2nc3ccc(C(=O)N4CCN(C)CC4)cc3s2)cccc1[N+](=O)[O-]. The molecule has 1 N–H and O–H groups in total. The van der Waals surface area contributed by atoms with E-state index in [1.165, 1.54) is 29.5 Å². The van der Waals surface area contributed by atoms with Gasteiger partial charge < -0.3 is 9.80 Å². The van der Waals surface area contributed by atoms with Crippen LogP contribution in [0.5, 0.6) is 0 Å². The molecule has 0 aliphatic carbocycles. The molecule has 2 amide bonds. The molecule has 0 spiro atoms. The molecule has 0 saturated carbocycles. The van der Waals surface area contributed by atoms with E-state index < -0.39 is 10.8 Å². The van der Waals surface area contributed by atoms with Crippen LogP contribution in [0.15, 0.2) is 36.4 Å². The minimum atomic E-state index is -0.511. The topological polar surface area (TPSA) is 109 Å². The number of likely N-dealkylation sites (N-methyl/N-ethyl adjacent to an activating group) is 1. The van der Waals surface area contributed by atoms with Crippen molar-refractivity contribution in [1.29, 1.82) is 0 Å². The summed E-state index contributed by atoms with van der Waals surface area (Å²) in [5.74, 6) is -0.477. The van der Waals surface area contributed by atoms with Crippen molar-refractivity contribution in [1.82, 2.24) is 14.8 Å². The van der Waals surface area contributed by atoms with Gasteiger partial charge in [-0.05, 0) is 38.2 Å². The van der Waals surface area contributed by atoms with E-state index in [-0.39, 0.29) is 17.2 Å². The molecule has 10 heteroatoms. The van der Waals surface area contributed by atoms with Crippen LogP contribution in [0.4, 0.5) is 10.8 Å². The first-order chi connectivity index (χ1) is 14.8. The minimum absolute atomic E-state index is 0.0128. The molecule has 1 aliphatic heterocycles. The number of amides is 2. The maximum atomic E-state index is 12.8. The summed E-state index contributed by atoms with van der Waals surface area (Å²) in [5, 5.41) is 14.2. The molecule has 1 aromatic heterocycles. The number of benzene rings is 2. The molecule has 0 bridgehead atoms. The highest BCUT2D eigenvalue weighted by atomic mass is 32.1. The van der Waals surface area contributed by atoms with Crippen LogP contribution in [0, 0.1) is 17.0 Å². The highest BCUT2D eigenvalue weighted by Gasteiger charge is 2.22. The van der Waals surface area contributed by atoms with Crippen LogP contribution in [0.25, 0.3) is 10.2 Å². The van der Waals surface area contributed by atoms with Crippen molar-refractivity contribution in [3.63, 3.8) is 0 Å². The number of rotatable bonds is 4. The third kappa shape index (κ3) is 4.25. The molecule has 2 heterocycles. The molecule has 0 radical (unpaired) electrons. The number of fused-ring (bicyclic) bond motifs is 1. The molecule has 1 aliphatic rings. The number of nitro groups is 1. The van der Waals surface area contributed by atoms with Crippen molar-refractivity contribution < 1.29 is 14.5 Å². The Hall–Kier alpha value is -3.37. The second-order valence-corrected chi connectivity index (χ2v) is 8.49. The molecule has 2 aromatic carbocycles. The first kappa shape index (κ1) is 20.9. The molecule has 1 saturated heterocycles. The summed E-state index contributed by atoms with van der Waals surface area (Å²) in [6.07, 6.45) is 0. The third-order valence-electron chi connectivity index (χ3n) is 5.39. The van der Waals surface area contributed by atoms with E-state index >= 15 is 0 Å². The van der Waals surface area contributed by atoms with Gasteiger partial charge in [-0.2, -0.15) is 0 Å². The quantitative estimate of drug-likeness (QED) is 0.494. The van der Waals surface area contributed by atoms with Gasteiger partial charge >= 0.3 is 0 Å². The van der Waals surface area contributed by atoms with Crippen LogP contribution in [-0.2, 0) is 0 Å². The zero-order chi connectivity index (χ0) is 22.1. The van der Waals surface area contributed by atoms with Crippen LogP contribution >= 0.6 is 11.3 Å². The van der Waals surface area contributed by atoms with Crippen LogP contribution in [0.1, 0.15) is 26.3 Å². The Balaban J connectivity index is 1.54. The van der Waals surface area contributed by atoms with E-state index in [0.29, 0.717) is 34.9 Å². The van der Waals surface area contributed by atoms with Gasteiger partial charge in [0, 0.05) is 48.9 Å². The Morgan fingerprint density at radius 3 is 2.61 bits per heavy atom. The van der Waals surface area contributed by atoms with Crippen LogP contribution < -0.4 is 5.32 Å². The maximum Gasteiger partial charge on any atom is 0.273 e. The molecular weight excluding hydrogens is 418 g/mol. The zero-order valence-corrected chi connectivity index (χ0v) is 17.9. The number of carbonyl (C=O) groups excluding carboxylic acids is 2. The Morgan fingerprint density at radius 1 is 1.16 bits per heavy atom. The average molecular weight is 439 g/mol. The van der Waals surface area contributed by atoms with Gasteiger partial charge in [-0.3, -0.25) is 25.0 Å². The first-order valence-corrected chi connectivity index (χ1v) is 10.6. The standard InChI is InChI=1S/C21H21N5O4S/c1-13-15(4-3-5-17(13)26(29)30)19(27)23-21-22-16-7-6-14(12-18(16)31-21)20(28)25-10-8-24(2)9-11-25/h3-7,12H,8-11H2,1-2H3,(H,22,23,27). The lowest BCUT2D eigenvalue weighted by Crippen LogP contribution is -2.47. The molecule has 3 aromatic rings. The van der Waals surface area contributed by atoms with Gasteiger partial charge in [0.05, 0.1) is 15.1 Å². The fourth-order valence-corrected chi connectivity index (χ4v) is 4.44. The fourth-order valence-electron chi connectivity index (χ4n) is 3.53. The first-order valence-electron chi connectivity index (χ1n) is 9.77. The second kappa shape index (κ2) is 8.40. The molecule has 1 fully saturated rings. The number of hydrogen-bond donors (Lipinski definition) is 1. The fraction of sp³-hybridized carbons (Fsp3) is 0.286. The number of aromatic nitrogens is 1. The molecule has 160 valence electrons. The second-order valence-electron chi connectivity index (χ2n) is 7.46. The number of nitrogens with one attached hydrogen (secondary N) is 1. The summed E-state index contributed by atoms with van der Waals surface area (Å²) in [6.45, 7) is 4.63. The monoisotopic (exact) mass is 439 g/mol. The summed E-state index contributed by atoms with van der Waals surface area (Å²) in [5.41, 5.74) is 1.67. The zero-order valence-electron chi connectivity index (χ0n) is 17.1. The Kier molecular flexibility index (Phi) is 5.66. The molecule has 0 atom stereocenters. The van der Waals surface area contributed by atoms with Gasteiger partial charge in [0.2, 0.25) is 0 Å². The van der Waals surface area contributed by atoms with Gasteiger partial charge in [0.1, 0.15) is 0 Å². The van der Waals surface area contributed by atoms with Crippen LogP contribution in [0.2, 0.25) is 0 Å². The van der Waals surface area contributed by atoms with E-state index in [1.54, 1.807) is 25.1 Å². The van der Waals surface area contributed by atoms with E-state index in [1.807, 2.05) is 11.9 Å². The van der Waals surface area contributed by atoms with Crippen LogP contribution in [0.3, 0.4) is 0 Å². The van der Waals surface area contributed by atoms with Gasteiger partial charge in [0.25, 0.3) is 17.5 Å². The summed E-state index contributed by atoms with van der Waals surface area (Å²) in [4.78, 5) is 44.5. The van der Waals surface area contributed by atoms with Crippen molar-refractivity contribution in [2.75, 3.05) is 38.5 Å². The number of piperazine rings is 1. The van der Waals surface area contributed by atoms with E-state index in [2.05, 4.69) is 15.2 Å². The van der Waals surface area contributed by atoms with Gasteiger partial charge in [0.15, 0.2) is 5.13 Å². The maximum absolute atomic E-state index is 12.8. The Labute approximate surface area is 182 Å². The number of nitro benzene ring substituents is 1. The van der Waals surface area contributed by atoms with Crippen molar-refractivity contribution in [3.8, 4) is 0 Å². The van der Waals surface area contributed by atoms with Gasteiger partial charge in [-0.1, -0.05) is 17.4 Å². The molecule has 31 heavy (non-hydrogen) atoms. The number of anilines is 1. The lowest BCUT2D eigenvalue weighted by atomic mass is 10.1. The number of carbonyl (C=O) groups is 2. The minimum Gasteiger partial charge on any atom is -0.336 e. The van der Waals surface area contributed by atoms with E-state index in [9.17, 15) is 19.7 Å². The molecule has 0 unspecified atom stereocenters. The predicted molar refractivity (Wildman–Crippen MR) is 119 cm³/mol. The smallest absolute Gasteiger partial charge is 0.273 e. The molecule has 9 nitrogen and oxygen atoms in total. The molecular formula is C21H21N5O4S. The predicted octanol–water partition coefficient (Wildman–Crippen LogP) is 3.15. The lowest BCUT2D eigenvalue weighted by Gasteiger charge is -2.32. The number of hydrogen-bond acceptors (Lipinski definition) is 7. The van der Waals surface area contributed by atoms with Crippen LogP contribution in [-0.4, -0.2) is 64.7 Å². The highest BCUT2D eigenvalue weighted by Crippen LogP contribution is 2.29. The summed E-state index contributed by atoms with van der Waals surface area (Å²) < 4.78 is 0.783.